The van der Waals surface area contributed by atoms with Crippen LogP contribution in [0.1, 0.15) is 51.6 Å². The van der Waals surface area contributed by atoms with E-state index < -0.39 is 17.8 Å². The molecule has 35 heavy (non-hydrogen) atoms. The van der Waals surface area contributed by atoms with Crippen molar-refractivity contribution in [2.45, 2.75) is 52.1 Å². The highest BCUT2D eigenvalue weighted by Crippen LogP contribution is 2.34. The van der Waals surface area contributed by atoms with Crippen molar-refractivity contribution in [1.82, 2.24) is 20.0 Å². The van der Waals surface area contributed by atoms with Crippen LogP contribution in [0.4, 0.5) is 9.18 Å². The van der Waals surface area contributed by atoms with Gasteiger partial charge in [0.15, 0.2) is 0 Å². The molecule has 0 aromatic heterocycles. The molecule has 3 aliphatic rings. The van der Waals surface area contributed by atoms with Crippen molar-refractivity contribution in [2.75, 3.05) is 39.3 Å². The van der Waals surface area contributed by atoms with E-state index in [1.54, 1.807) is 25.1 Å². The molecule has 2 fully saturated rings. The van der Waals surface area contributed by atoms with Gasteiger partial charge in [-0.15, -0.1) is 0 Å². The van der Waals surface area contributed by atoms with Gasteiger partial charge in [0.1, 0.15) is 5.82 Å². The molecule has 2 atom stereocenters. The summed E-state index contributed by atoms with van der Waals surface area (Å²) in [6.45, 7) is 8.30. The predicted molar refractivity (Wildman–Crippen MR) is 129 cm³/mol. The summed E-state index contributed by atoms with van der Waals surface area (Å²) in [6.07, 6.45) is 3.06. The first kappa shape index (κ1) is 25.2. The van der Waals surface area contributed by atoms with Crippen molar-refractivity contribution >= 4 is 17.9 Å². The van der Waals surface area contributed by atoms with Crippen molar-refractivity contribution in [3.05, 3.63) is 46.9 Å². The van der Waals surface area contributed by atoms with Gasteiger partial charge in [0, 0.05) is 55.9 Å². The lowest BCUT2D eigenvalue weighted by Gasteiger charge is -2.44. The molecule has 1 saturated carbocycles. The molecule has 4 rings (SSSR count). The first-order valence-corrected chi connectivity index (χ1v) is 12.6. The third kappa shape index (κ3) is 5.05. The number of carbonyl (C=O) groups is 3. The predicted octanol–water partition coefficient (Wildman–Crippen LogP) is 3.06. The molecule has 1 saturated heterocycles. The highest BCUT2D eigenvalue weighted by atomic mass is 19.1. The van der Waals surface area contributed by atoms with E-state index in [4.69, 9.17) is 4.74 Å². The van der Waals surface area contributed by atoms with E-state index in [-0.39, 0.29) is 41.6 Å². The van der Waals surface area contributed by atoms with Crippen LogP contribution in [0.5, 0.6) is 0 Å². The van der Waals surface area contributed by atoms with Gasteiger partial charge in [-0.3, -0.25) is 14.6 Å². The van der Waals surface area contributed by atoms with E-state index in [0.717, 1.165) is 19.3 Å². The van der Waals surface area contributed by atoms with E-state index in [1.807, 2.05) is 18.7 Å². The molecule has 0 bridgehead atoms. The van der Waals surface area contributed by atoms with Crippen molar-refractivity contribution in [1.29, 1.82) is 0 Å². The van der Waals surface area contributed by atoms with Crippen LogP contribution in [-0.4, -0.2) is 78.0 Å². The van der Waals surface area contributed by atoms with Gasteiger partial charge in [-0.1, -0.05) is 24.6 Å². The second kappa shape index (κ2) is 10.8. The highest BCUT2D eigenvalue weighted by molar-refractivity contribution is 5.95. The van der Waals surface area contributed by atoms with E-state index in [9.17, 15) is 18.8 Å². The number of ether oxygens (including phenoxy) is 1. The quantitative estimate of drug-likeness (QED) is 0.599. The number of hydrogen-bond acceptors (Lipinski definition) is 5. The first-order valence-electron chi connectivity index (χ1n) is 12.6. The van der Waals surface area contributed by atoms with Gasteiger partial charge < -0.3 is 15.0 Å². The normalized spacial score (nSPS) is 23.7. The average molecular weight is 487 g/mol. The molecule has 0 unspecified atom stereocenters. The van der Waals surface area contributed by atoms with Crippen molar-refractivity contribution in [3.63, 3.8) is 0 Å². The lowest BCUT2D eigenvalue weighted by molar-refractivity contribution is -0.142. The Morgan fingerprint density at radius 1 is 1.17 bits per heavy atom. The van der Waals surface area contributed by atoms with Crippen LogP contribution in [0.2, 0.25) is 0 Å². The Hall–Kier alpha value is -2.94. The molecule has 8 nitrogen and oxygen atoms in total. The fourth-order valence-electron chi connectivity index (χ4n) is 5.21. The number of nitrogens with zero attached hydrogens (tertiary/aromatic N) is 3. The van der Waals surface area contributed by atoms with Crippen molar-refractivity contribution in [3.8, 4) is 0 Å². The fourth-order valence-corrected chi connectivity index (χ4v) is 5.21. The van der Waals surface area contributed by atoms with E-state index in [1.165, 1.54) is 11.0 Å². The van der Waals surface area contributed by atoms with Crippen LogP contribution in [0.15, 0.2) is 35.5 Å². The van der Waals surface area contributed by atoms with E-state index in [2.05, 4.69) is 10.2 Å². The molecular weight excluding hydrogens is 451 g/mol. The smallest absolute Gasteiger partial charge is 0.338 e. The summed E-state index contributed by atoms with van der Waals surface area (Å²) < 4.78 is 20.1. The van der Waals surface area contributed by atoms with Gasteiger partial charge in [0.25, 0.3) is 0 Å². The number of hydrogen-bond donors (Lipinski definition) is 1. The fraction of sp³-hybridized carbons (Fsp3) is 0.577. The minimum absolute atomic E-state index is 0.0263. The van der Waals surface area contributed by atoms with Crippen LogP contribution in [0.3, 0.4) is 0 Å². The third-order valence-electron chi connectivity index (χ3n) is 7.29. The Bertz CT molecular complexity index is 1010. The summed E-state index contributed by atoms with van der Waals surface area (Å²) in [5, 5.41) is 2.80. The number of carbonyl (C=O) groups excluding carboxylic acids is 3. The second-order valence-corrected chi connectivity index (χ2v) is 9.47. The van der Waals surface area contributed by atoms with E-state index >= 15 is 0 Å². The molecule has 0 radical (unpaired) electrons. The van der Waals surface area contributed by atoms with Gasteiger partial charge >= 0.3 is 12.0 Å². The van der Waals surface area contributed by atoms with Gasteiger partial charge in [-0.2, -0.15) is 0 Å². The number of halogens is 1. The summed E-state index contributed by atoms with van der Waals surface area (Å²) >= 11 is 0. The lowest BCUT2D eigenvalue weighted by Crippen LogP contribution is -2.57. The van der Waals surface area contributed by atoms with Gasteiger partial charge in [-0.05, 0) is 39.7 Å². The molecule has 9 heteroatoms. The summed E-state index contributed by atoms with van der Waals surface area (Å²) in [6, 6.07) is 4.84. The van der Waals surface area contributed by atoms with Gasteiger partial charge in [-0.25, -0.2) is 14.0 Å². The Morgan fingerprint density at radius 2 is 1.91 bits per heavy atom. The average Bonchev–Trinajstić information content (AvgIpc) is 2.78. The van der Waals surface area contributed by atoms with Crippen LogP contribution >= 0.6 is 0 Å². The maximum atomic E-state index is 14.8. The van der Waals surface area contributed by atoms with Crippen LogP contribution < -0.4 is 5.32 Å². The van der Waals surface area contributed by atoms with Crippen LogP contribution in [0.25, 0.3) is 0 Å². The Balaban J connectivity index is 1.64. The minimum Gasteiger partial charge on any atom is -0.463 e. The maximum absolute atomic E-state index is 14.8. The van der Waals surface area contributed by atoms with Crippen molar-refractivity contribution in [2.24, 2.45) is 5.92 Å². The maximum Gasteiger partial charge on any atom is 0.338 e. The molecule has 1 N–H and O–H groups in total. The zero-order chi connectivity index (χ0) is 25.1. The second-order valence-electron chi connectivity index (χ2n) is 9.47. The number of urea groups is 1. The molecular formula is C26H35FN4O4. The topological polar surface area (TPSA) is 82.2 Å². The summed E-state index contributed by atoms with van der Waals surface area (Å²) in [4.78, 5) is 44.7. The number of esters is 1. The standard InChI is InChI=1S/C26H35FN4O4/c1-4-30-21(16-29-13-14-31(17(3)15-29)24(32)18-9-8-10-18)22(25(33)35-5-2)23(28-26(30)34)19-11-6-7-12-20(19)27/h6-7,11-12,17-18,23H,4-5,8-10,13-16H2,1-3H3,(H,28,34)/t17-,23+/m0/s1. The lowest BCUT2D eigenvalue weighted by atomic mass is 9.84. The molecule has 2 aliphatic heterocycles. The van der Waals surface area contributed by atoms with Crippen LogP contribution in [0, 0.1) is 11.7 Å². The Kier molecular flexibility index (Phi) is 7.74. The molecule has 2 heterocycles. The van der Waals surface area contributed by atoms with Gasteiger partial charge in [0.2, 0.25) is 5.91 Å². The highest BCUT2D eigenvalue weighted by Gasteiger charge is 2.40. The Morgan fingerprint density at radius 3 is 2.51 bits per heavy atom. The third-order valence-corrected chi connectivity index (χ3v) is 7.29. The molecule has 1 aromatic carbocycles. The number of rotatable bonds is 7. The molecule has 1 aromatic rings. The number of likely N-dealkylation sites (N-methyl/N-ethyl adjacent to an activating group) is 1. The number of nitrogens with one attached hydrogen (secondary N) is 1. The SMILES string of the molecule is CCOC(=O)C1=C(CN2CCN(C(=O)C3CCC3)[C@@H](C)C2)N(CC)C(=O)N[C@@H]1c1ccccc1F. The number of benzene rings is 1. The monoisotopic (exact) mass is 486 g/mol. The summed E-state index contributed by atoms with van der Waals surface area (Å²) in [5.74, 6) is -0.676. The number of piperazine rings is 1. The largest absolute Gasteiger partial charge is 0.463 e. The molecule has 1 aliphatic carbocycles. The summed E-state index contributed by atoms with van der Waals surface area (Å²) in [5.41, 5.74) is 0.995. The van der Waals surface area contributed by atoms with E-state index in [0.29, 0.717) is 38.4 Å². The number of amides is 3. The zero-order valence-corrected chi connectivity index (χ0v) is 20.8. The Labute approximate surface area is 206 Å². The molecule has 0 spiro atoms. The first-order chi connectivity index (χ1) is 16.8. The summed E-state index contributed by atoms with van der Waals surface area (Å²) in [7, 11) is 0. The van der Waals surface area contributed by atoms with Crippen LogP contribution in [-0.2, 0) is 14.3 Å². The zero-order valence-electron chi connectivity index (χ0n) is 20.8. The van der Waals surface area contributed by atoms with Gasteiger partial charge in [0.05, 0.1) is 18.2 Å². The molecule has 190 valence electrons. The van der Waals surface area contributed by atoms with Crippen molar-refractivity contribution < 1.29 is 23.5 Å². The minimum atomic E-state index is -0.945. The molecule has 3 amide bonds.